The minimum atomic E-state index is -0.625. The van der Waals surface area contributed by atoms with Crippen molar-refractivity contribution in [2.24, 2.45) is 0 Å². The van der Waals surface area contributed by atoms with Gasteiger partial charge < -0.3 is 10.1 Å². The number of esters is 1. The third-order valence-electron chi connectivity index (χ3n) is 3.98. The van der Waals surface area contributed by atoms with Crippen LogP contribution in [0.5, 0.6) is 0 Å². The maximum absolute atomic E-state index is 12.8. The van der Waals surface area contributed by atoms with E-state index in [2.05, 4.69) is 27.9 Å². The third-order valence-corrected chi connectivity index (χ3v) is 4.97. The van der Waals surface area contributed by atoms with Crippen molar-refractivity contribution in [3.8, 4) is 0 Å². The van der Waals surface area contributed by atoms with Gasteiger partial charge in [0.05, 0.1) is 11.6 Å². The molecule has 0 bridgehead atoms. The molecule has 130 valence electrons. The largest absolute Gasteiger partial charge is 0.462 e. The lowest BCUT2D eigenvalue weighted by molar-refractivity contribution is -0.138. The topological polar surface area (TPSA) is 55.4 Å². The average Bonchev–Trinajstić information content (AvgIpc) is 2.56. The van der Waals surface area contributed by atoms with Crippen LogP contribution in [-0.4, -0.2) is 24.4 Å². The van der Waals surface area contributed by atoms with Crippen molar-refractivity contribution in [3.05, 3.63) is 44.1 Å². The molecule has 0 aliphatic heterocycles. The predicted molar refractivity (Wildman–Crippen MR) is 103 cm³/mol. The molecule has 0 heterocycles. The van der Waals surface area contributed by atoms with Gasteiger partial charge in [0, 0.05) is 21.4 Å². The Kier molecular flexibility index (Phi) is 7.55. The summed E-state index contributed by atoms with van der Waals surface area (Å²) in [5.74, 6) is -1.04. The molecule has 1 aliphatic carbocycles. The van der Waals surface area contributed by atoms with Crippen molar-refractivity contribution < 1.29 is 14.3 Å². The van der Waals surface area contributed by atoms with Crippen molar-refractivity contribution in [2.45, 2.75) is 45.1 Å². The Balaban J connectivity index is 2.23. The first-order chi connectivity index (χ1) is 11.5. The van der Waals surface area contributed by atoms with E-state index in [0.717, 1.165) is 29.3 Å². The van der Waals surface area contributed by atoms with Crippen LogP contribution in [0.2, 0.25) is 5.02 Å². The highest BCUT2D eigenvalue weighted by atomic mass is 127. The number of halogens is 2. The van der Waals surface area contributed by atoms with Gasteiger partial charge in [-0.05, 0) is 60.6 Å². The zero-order valence-corrected chi connectivity index (χ0v) is 16.5. The summed E-state index contributed by atoms with van der Waals surface area (Å²) in [7, 11) is 0. The van der Waals surface area contributed by atoms with Gasteiger partial charge in [-0.1, -0.05) is 30.9 Å². The maximum atomic E-state index is 12.8. The minimum absolute atomic E-state index is 0.00877. The van der Waals surface area contributed by atoms with E-state index in [1.165, 1.54) is 12.6 Å². The van der Waals surface area contributed by atoms with Crippen LogP contribution in [0.15, 0.2) is 30.0 Å². The van der Waals surface area contributed by atoms with E-state index in [1.54, 1.807) is 25.1 Å². The summed E-state index contributed by atoms with van der Waals surface area (Å²) in [4.78, 5) is 25.0. The second kappa shape index (κ2) is 9.42. The molecule has 0 atom stereocenters. The number of nitrogens with one attached hydrogen (secondary N) is 1. The Morgan fingerprint density at radius 3 is 2.67 bits per heavy atom. The molecule has 1 N–H and O–H groups in total. The number of ketones is 1. The molecule has 0 radical (unpaired) electrons. The number of carbonyl (C=O) groups excluding carboxylic acids is 2. The fraction of sp³-hybridized carbons (Fsp3) is 0.444. The van der Waals surface area contributed by atoms with Crippen molar-refractivity contribution in [1.29, 1.82) is 0 Å². The van der Waals surface area contributed by atoms with Gasteiger partial charge in [0.25, 0.3) is 0 Å². The van der Waals surface area contributed by atoms with Crippen LogP contribution in [0.1, 0.15) is 49.4 Å². The zero-order valence-electron chi connectivity index (χ0n) is 13.6. The van der Waals surface area contributed by atoms with E-state index in [0.29, 0.717) is 16.6 Å². The number of carbonyl (C=O) groups is 2. The predicted octanol–water partition coefficient (Wildman–Crippen LogP) is 4.50. The Hall–Kier alpha value is -1.08. The van der Waals surface area contributed by atoms with Gasteiger partial charge in [0.15, 0.2) is 0 Å². The molecule has 0 amide bonds. The van der Waals surface area contributed by atoms with E-state index in [9.17, 15) is 9.59 Å². The summed E-state index contributed by atoms with van der Waals surface area (Å²) >= 11 is 8.29. The van der Waals surface area contributed by atoms with E-state index >= 15 is 0 Å². The first-order valence-corrected chi connectivity index (χ1v) is 9.61. The summed E-state index contributed by atoms with van der Waals surface area (Å²) in [6.45, 7) is 1.93. The lowest BCUT2D eigenvalue weighted by Gasteiger charge is -2.22. The molecule has 0 unspecified atom stereocenters. The molecule has 2 rings (SSSR count). The summed E-state index contributed by atoms with van der Waals surface area (Å²) in [6, 6.07) is 5.42. The number of hydrogen-bond acceptors (Lipinski definition) is 4. The molecule has 24 heavy (non-hydrogen) atoms. The first-order valence-electron chi connectivity index (χ1n) is 8.16. The van der Waals surface area contributed by atoms with Gasteiger partial charge >= 0.3 is 5.97 Å². The second-order valence-corrected chi connectivity index (χ2v) is 7.39. The first kappa shape index (κ1) is 19.2. The van der Waals surface area contributed by atoms with Crippen molar-refractivity contribution in [1.82, 2.24) is 5.32 Å². The summed E-state index contributed by atoms with van der Waals surface area (Å²) in [5, 5.41) is 3.55. The highest BCUT2D eigenvalue weighted by molar-refractivity contribution is 14.1. The highest BCUT2D eigenvalue weighted by Gasteiger charge is 2.24. The highest BCUT2D eigenvalue weighted by Crippen LogP contribution is 2.23. The summed E-state index contributed by atoms with van der Waals surface area (Å²) in [6.07, 6.45) is 7.17. The molecule has 1 aromatic carbocycles. The summed E-state index contributed by atoms with van der Waals surface area (Å²) in [5.41, 5.74) is 0.298. The number of benzene rings is 1. The van der Waals surface area contributed by atoms with Gasteiger partial charge in [-0.25, -0.2) is 4.79 Å². The van der Waals surface area contributed by atoms with Crippen LogP contribution in [0.3, 0.4) is 0 Å². The zero-order chi connectivity index (χ0) is 17.5. The normalized spacial score (nSPS) is 15.9. The van der Waals surface area contributed by atoms with Crippen molar-refractivity contribution >= 4 is 45.9 Å². The van der Waals surface area contributed by atoms with Gasteiger partial charge in [0.1, 0.15) is 5.57 Å². The monoisotopic (exact) mass is 461 g/mol. The molecular weight excluding hydrogens is 441 g/mol. The van der Waals surface area contributed by atoms with Crippen LogP contribution >= 0.6 is 34.2 Å². The molecule has 0 aromatic heterocycles. The average molecular weight is 462 g/mol. The summed E-state index contributed by atoms with van der Waals surface area (Å²) < 4.78 is 5.96. The molecule has 1 aromatic rings. The molecule has 0 spiro atoms. The van der Waals surface area contributed by atoms with Gasteiger partial charge in [-0.3, -0.25) is 4.79 Å². The van der Waals surface area contributed by atoms with Crippen molar-refractivity contribution in [3.63, 3.8) is 0 Å². The molecule has 1 fully saturated rings. The standard InChI is InChI=1S/C18H21ClINO3/c1-2-24-18(23)15(11-21-13-6-4-3-5-7-13)17(22)14-9-8-12(20)10-16(14)19/h8-11,13,21H,2-7H2,1H3. The lowest BCUT2D eigenvalue weighted by atomic mass is 9.95. The Morgan fingerprint density at radius 1 is 1.33 bits per heavy atom. The van der Waals surface area contributed by atoms with Crippen LogP contribution in [0.25, 0.3) is 0 Å². The molecular formula is C18H21ClINO3. The molecule has 4 nitrogen and oxygen atoms in total. The Morgan fingerprint density at radius 2 is 2.04 bits per heavy atom. The van der Waals surface area contributed by atoms with E-state index < -0.39 is 11.8 Å². The van der Waals surface area contributed by atoms with Gasteiger partial charge in [-0.2, -0.15) is 0 Å². The number of ether oxygens (including phenoxy) is 1. The lowest BCUT2D eigenvalue weighted by Crippen LogP contribution is -2.29. The fourth-order valence-corrected chi connectivity index (χ4v) is 3.66. The van der Waals surface area contributed by atoms with E-state index in [4.69, 9.17) is 16.3 Å². The van der Waals surface area contributed by atoms with E-state index in [1.807, 2.05) is 0 Å². The van der Waals surface area contributed by atoms with E-state index in [-0.39, 0.29) is 12.2 Å². The number of rotatable bonds is 6. The van der Waals surface area contributed by atoms with Crippen molar-refractivity contribution in [2.75, 3.05) is 6.61 Å². The minimum Gasteiger partial charge on any atom is -0.462 e. The van der Waals surface area contributed by atoms with Crippen LogP contribution in [0, 0.1) is 3.57 Å². The molecule has 6 heteroatoms. The van der Waals surface area contributed by atoms with Crippen LogP contribution in [-0.2, 0) is 9.53 Å². The Bertz CT molecular complexity index is 639. The number of Topliss-reactive ketones (excluding diaryl/α,β-unsaturated/α-hetero) is 1. The maximum Gasteiger partial charge on any atom is 0.343 e. The SMILES string of the molecule is CCOC(=O)C(=CNC1CCCCC1)C(=O)c1ccc(I)cc1Cl. The smallest absolute Gasteiger partial charge is 0.343 e. The van der Waals surface area contributed by atoms with Gasteiger partial charge in [-0.15, -0.1) is 0 Å². The fourth-order valence-electron chi connectivity index (χ4n) is 2.72. The Labute approximate surface area is 161 Å². The van der Waals surface area contributed by atoms with Crippen LogP contribution < -0.4 is 5.32 Å². The van der Waals surface area contributed by atoms with Gasteiger partial charge in [0.2, 0.25) is 5.78 Å². The second-order valence-electron chi connectivity index (χ2n) is 5.73. The van der Waals surface area contributed by atoms with Crippen LogP contribution in [0.4, 0.5) is 0 Å². The quantitative estimate of drug-likeness (QED) is 0.169. The third kappa shape index (κ3) is 5.21. The molecule has 1 saturated carbocycles. The molecule has 1 aliphatic rings. The number of hydrogen-bond donors (Lipinski definition) is 1. The molecule has 0 saturated heterocycles.